The minimum absolute atomic E-state index is 0.0434. The normalized spacial score (nSPS) is 24.7. The van der Waals surface area contributed by atoms with E-state index >= 15 is 0 Å². The molecule has 104 valence electrons. The van der Waals surface area contributed by atoms with E-state index in [0.29, 0.717) is 6.04 Å². The highest BCUT2D eigenvalue weighted by Crippen LogP contribution is 2.03. The maximum atomic E-state index is 11.5. The number of hydrogen-bond donors (Lipinski definition) is 2. The van der Waals surface area contributed by atoms with Gasteiger partial charge in [0.25, 0.3) is 0 Å². The number of halogens is 1. The van der Waals surface area contributed by atoms with E-state index in [1.54, 1.807) is 11.8 Å². The molecule has 1 aliphatic heterocycles. The van der Waals surface area contributed by atoms with Gasteiger partial charge in [-0.25, -0.2) is 0 Å². The number of nitrogens with one attached hydrogen (secondary N) is 2. The van der Waals surface area contributed by atoms with E-state index in [-0.39, 0.29) is 5.91 Å². The van der Waals surface area contributed by atoms with Crippen LogP contribution in [-0.2, 0) is 11.3 Å². The standard InChI is InChI=1S/C15H21ClN2O/c1-12(16)15(19)17-14-7-9-18(10-8-14)11-13-5-3-2-4-6-13/h2-6,12,14H,7-11H2,1H3,(H,17,19)/p+1/t12-/m1/s1. The molecule has 1 heterocycles. The van der Waals surface area contributed by atoms with E-state index in [1.807, 2.05) is 6.07 Å². The number of quaternary nitrogens is 1. The number of likely N-dealkylation sites (tertiary alicyclic amines) is 1. The number of piperidine rings is 1. The Hall–Kier alpha value is -1.06. The number of amides is 1. The third kappa shape index (κ3) is 4.51. The smallest absolute Gasteiger partial charge is 0.237 e. The van der Waals surface area contributed by atoms with Gasteiger partial charge in [-0.1, -0.05) is 30.3 Å². The fourth-order valence-electron chi connectivity index (χ4n) is 2.55. The molecule has 19 heavy (non-hydrogen) atoms. The van der Waals surface area contributed by atoms with Gasteiger partial charge in [-0.05, 0) is 6.92 Å². The summed E-state index contributed by atoms with van der Waals surface area (Å²) in [7, 11) is 0. The third-order valence-electron chi connectivity index (χ3n) is 3.70. The summed E-state index contributed by atoms with van der Waals surface area (Å²) in [5, 5.41) is 2.58. The maximum Gasteiger partial charge on any atom is 0.237 e. The molecule has 4 heteroatoms. The van der Waals surface area contributed by atoms with Crippen molar-refractivity contribution < 1.29 is 9.69 Å². The van der Waals surface area contributed by atoms with Crippen molar-refractivity contribution in [1.29, 1.82) is 0 Å². The second-order valence-corrected chi connectivity index (χ2v) is 5.97. The van der Waals surface area contributed by atoms with E-state index in [1.165, 1.54) is 5.56 Å². The van der Waals surface area contributed by atoms with Crippen molar-refractivity contribution in [1.82, 2.24) is 5.32 Å². The van der Waals surface area contributed by atoms with Crippen molar-refractivity contribution in [2.75, 3.05) is 13.1 Å². The summed E-state index contributed by atoms with van der Waals surface area (Å²) in [6.07, 6.45) is 2.08. The molecule has 0 unspecified atom stereocenters. The van der Waals surface area contributed by atoms with Crippen molar-refractivity contribution in [3.05, 3.63) is 35.9 Å². The van der Waals surface area contributed by atoms with Gasteiger partial charge in [0.2, 0.25) is 5.91 Å². The minimum Gasteiger partial charge on any atom is -0.352 e. The predicted molar refractivity (Wildman–Crippen MR) is 77.3 cm³/mol. The zero-order valence-electron chi connectivity index (χ0n) is 11.4. The van der Waals surface area contributed by atoms with Crippen LogP contribution in [0.25, 0.3) is 0 Å². The molecular formula is C15H22ClN2O+. The Morgan fingerprint density at radius 1 is 1.37 bits per heavy atom. The van der Waals surface area contributed by atoms with Gasteiger partial charge < -0.3 is 10.2 Å². The maximum absolute atomic E-state index is 11.5. The average Bonchev–Trinajstić information content (AvgIpc) is 2.42. The molecule has 2 N–H and O–H groups in total. The van der Waals surface area contributed by atoms with Gasteiger partial charge in [0.1, 0.15) is 11.9 Å². The SMILES string of the molecule is C[C@@H](Cl)C(=O)NC1CC[NH+](Cc2ccccc2)CC1. The van der Waals surface area contributed by atoms with Gasteiger partial charge in [-0.3, -0.25) is 4.79 Å². The largest absolute Gasteiger partial charge is 0.352 e. The number of alkyl halides is 1. The van der Waals surface area contributed by atoms with Gasteiger partial charge in [-0.15, -0.1) is 11.6 Å². The van der Waals surface area contributed by atoms with E-state index in [9.17, 15) is 4.79 Å². The van der Waals surface area contributed by atoms with Crippen molar-refractivity contribution in [3.63, 3.8) is 0 Å². The van der Waals surface area contributed by atoms with Crippen LogP contribution in [0.1, 0.15) is 25.3 Å². The molecule has 0 radical (unpaired) electrons. The number of carbonyl (C=O) groups excluding carboxylic acids is 1. The topological polar surface area (TPSA) is 33.5 Å². The molecule has 0 saturated carbocycles. The second kappa shape index (κ2) is 6.92. The molecule has 1 saturated heterocycles. The quantitative estimate of drug-likeness (QED) is 0.793. The average molecular weight is 282 g/mol. The summed E-state index contributed by atoms with van der Waals surface area (Å²) in [5.74, 6) is -0.0434. The Labute approximate surface area is 119 Å². The van der Waals surface area contributed by atoms with Crippen LogP contribution in [0.2, 0.25) is 0 Å². The molecule has 1 atom stereocenters. The summed E-state index contributed by atoms with van der Waals surface area (Å²) in [4.78, 5) is 13.1. The summed E-state index contributed by atoms with van der Waals surface area (Å²) in [6, 6.07) is 10.9. The van der Waals surface area contributed by atoms with Crippen LogP contribution < -0.4 is 10.2 Å². The lowest BCUT2D eigenvalue weighted by molar-refractivity contribution is -0.918. The Balaban J connectivity index is 1.75. The lowest BCUT2D eigenvalue weighted by atomic mass is 10.0. The molecule has 1 amide bonds. The lowest BCUT2D eigenvalue weighted by Crippen LogP contribution is -3.12. The fourth-order valence-corrected chi connectivity index (χ4v) is 2.61. The monoisotopic (exact) mass is 281 g/mol. The first-order valence-corrected chi connectivity index (χ1v) is 7.40. The molecule has 1 aliphatic rings. The van der Waals surface area contributed by atoms with Crippen molar-refractivity contribution in [3.8, 4) is 0 Å². The first-order chi connectivity index (χ1) is 9.15. The molecular weight excluding hydrogens is 260 g/mol. The third-order valence-corrected chi connectivity index (χ3v) is 3.90. The van der Waals surface area contributed by atoms with Crippen molar-refractivity contribution >= 4 is 17.5 Å². The molecule has 0 aromatic heterocycles. The fraction of sp³-hybridized carbons (Fsp3) is 0.533. The van der Waals surface area contributed by atoms with Crippen LogP contribution in [0.4, 0.5) is 0 Å². The first kappa shape index (κ1) is 14.4. The number of rotatable bonds is 4. The highest BCUT2D eigenvalue weighted by Gasteiger charge is 2.24. The molecule has 2 rings (SSSR count). The van der Waals surface area contributed by atoms with Crippen molar-refractivity contribution in [2.24, 2.45) is 0 Å². The summed E-state index contributed by atoms with van der Waals surface area (Å²) in [5.41, 5.74) is 1.38. The number of benzene rings is 1. The van der Waals surface area contributed by atoms with Gasteiger partial charge in [0.05, 0.1) is 13.1 Å². The minimum atomic E-state index is -0.435. The number of hydrogen-bond acceptors (Lipinski definition) is 1. The molecule has 0 aliphatic carbocycles. The van der Waals surface area contributed by atoms with E-state index < -0.39 is 5.38 Å². The molecule has 1 fully saturated rings. The van der Waals surface area contributed by atoms with E-state index in [0.717, 1.165) is 32.5 Å². The Morgan fingerprint density at radius 2 is 2.00 bits per heavy atom. The van der Waals surface area contributed by atoms with Gasteiger partial charge in [-0.2, -0.15) is 0 Å². The molecule has 3 nitrogen and oxygen atoms in total. The Bertz CT molecular complexity index is 400. The first-order valence-electron chi connectivity index (χ1n) is 6.97. The lowest BCUT2D eigenvalue weighted by Gasteiger charge is -2.30. The van der Waals surface area contributed by atoms with Crippen LogP contribution in [0.5, 0.6) is 0 Å². The predicted octanol–water partition coefficient (Wildman–Crippen LogP) is 0.977. The Kier molecular flexibility index (Phi) is 5.23. The van der Waals surface area contributed by atoms with E-state index in [4.69, 9.17) is 11.6 Å². The zero-order valence-corrected chi connectivity index (χ0v) is 12.1. The van der Waals surface area contributed by atoms with Crippen LogP contribution in [0.3, 0.4) is 0 Å². The zero-order chi connectivity index (χ0) is 13.7. The van der Waals surface area contributed by atoms with E-state index in [2.05, 4.69) is 29.6 Å². The summed E-state index contributed by atoms with van der Waals surface area (Å²) in [6.45, 7) is 5.01. The van der Waals surface area contributed by atoms with Crippen LogP contribution in [0.15, 0.2) is 30.3 Å². The van der Waals surface area contributed by atoms with Crippen molar-refractivity contribution in [2.45, 2.75) is 37.7 Å². The molecule has 1 aromatic carbocycles. The van der Waals surface area contributed by atoms with Crippen LogP contribution in [0, 0.1) is 0 Å². The molecule has 0 bridgehead atoms. The van der Waals surface area contributed by atoms with Crippen LogP contribution >= 0.6 is 11.6 Å². The summed E-state index contributed by atoms with van der Waals surface area (Å²) >= 11 is 5.77. The summed E-state index contributed by atoms with van der Waals surface area (Å²) < 4.78 is 0. The van der Waals surface area contributed by atoms with Gasteiger partial charge >= 0.3 is 0 Å². The molecule has 0 spiro atoms. The van der Waals surface area contributed by atoms with Crippen LogP contribution in [-0.4, -0.2) is 30.4 Å². The highest BCUT2D eigenvalue weighted by atomic mass is 35.5. The van der Waals surface area contributed by atoms with Gasteiger partial charge in [0.15, 0.2) is 0 Å². The van der Waals surface area contributed by atoms with Gasteiger partial charge in [0, 0.05) is 24.4 Å². The second-order valence-electron chi connectivity index (χ2n) is 5.31. The highest BCUT2D eigenvalue weighted by molar-refractivity contribution is 6.30. The Morgan fingerprint density at radius 3 is 2.58 bits per heavy atom. The number of carbonyl (C=O) groups is 1. The molecule has 1 aromatic rings.